The molecule has 0 aliphatic rings. The number of nitrogens with one attached hydrogen (secondary N) is 1. The number of aliphatic carboxylic acids is 1. The van der Waals surface area contributed by atoms with Crippen LogP contribution in [0, 0.1) is 11.8 Å². The Kier molecular flexibility index (Phi) is 9.21. The highest BCUT2D eigenvalue weighted by molar-refractivity contribution is 5.82. The van der Waals surface area contributed by atoms with Gasteiger partial charge in [-0.05, 0) is 18.3 Å². The molecule has 0 aromatic rings. The zero-order valence-electron chi connectivity index (χ0n) is 13.2. The lowest BCUT2D eigenvalue weighted by atomic mass is 9.94. The van der Waals surface area contributed by atoms with Crippen molar-refractivity contribution in [2.45, 2.75) is 71.9 Å². The van der Waals surface area contributed by atoms with Crippen molar-refractivity contribution in [3.05, 3.63) is 0 Å². The van der Waals surface area contributed by atoms with E-state index < -0.39 is 12.0 Å². The fourth-order valence-corrected chi connectivity index (χ4v) is 2.16. The van der Waals surface area contributed by atoms with Crippen molar-refractivity contribution in [1.82, 2.24) is 5.32 Å². The summed E-state index contributed by atoms with van der Waals surface area (Å²) in [4.78, 5) is 22.9. The monoisotopic (exact) mass is 286 g/mol. The normalized spacial score (nSPS) is 15.7. The van der Waals surface area contributed by atoms with Gasteiger partial charge in [-0.15, -0.1) is 0 Å². The van der Waals surface area contributed by atoms with Gasteiger partial charge in [0.1, 0.15) is 0 Å². The van der Waals surface area contributed by atoms with Crippen LogP contribution < -0.4 is 11.1 Å². The number of hydrogen-bond acceptors (Lipinski definition) is 3. The van der Waals surface area contributed by atoms with E-state index in [-0.39, 0.29) is 24.3 Å². The average molecular weight is 286 g/mol. The van der Waals surface area contributed by atoms with E-state index in [2.05, 4.69) is 19.2 Å². The van der Waals surface area contributed by atoms with Gasteiger partial charge >= 0.3 is 5.97 Å². The predicted molar refractivity (Wildman–Crippen MR) is 80.3 cm³/mol. The summed E-state index contributed by atoms with van der Waals surface area (Å²) in [5.41, 5.74) is 5.79. The lowest BCUT2D eigenvalue weighted by molar-refractivity contribution is -0.137. The number of unbranched alkanes of at least 4 members (excludes halogenated alkanes) is 1. The maximum absolute atomic E-state index is 11.9. The van der Waals surface area contributed by atoms with Gasteiger partial charge in [-0.2, -0.15) is 0 Å². The minimum atomic E-state index is -0.892. The number of nitrogens with two attached hydrogens (primary N) is 1. The van der Waals surface area contributed by atoms with Gasteiger partial charge in [-0.25, -0.2) is 0 Å². The van der Waals surface area contributed by atoms with Gasteiger partial charge < -0.3 is 16.2 Å². The Morgan fingerprint density at radius 3 is 2.30 bits per heavy atom. The molecule has 0 bridgehead atoms. The second-order valence-corrected chi connectivity index (χ2v) is 6.06. The molecule has 5 nitrogen and oxygen atoms in total. The lowest BCUT2D eigenvalue weighted by Gasteiger charge is -2.24. The minimum Gasteiger partial charge on any atom is -0.481 e. The number of carbonyl (C=O) groups is 2. The van der Waals surface area contributed by atoms with Crippen LogP contribution in [0.1, 0.15) is 59.8 Å². The predicted octanol–water partition coefficient (Wildman–Crippen LogP) is 2.15. The van der Waals surface area contributed by atoms with Crippen LogP contribution in [0.4, 0.5) is 0 Å². The van der Waals surface area contributed by atoms with E-state index in [0.717, 1.165) is 19.3 Å². The number of carboxylic acid groups (broad SMARTS) is 1. The first-order chi connectivity index (χ1) is 9.27. The maximum atomic E-state index is 11.9. The summed E-state index contributed by atoms with van der Waals surface area (Å²) in [6.45, 7) is 7.98. The van der Waals surface area contributed by atoms with Crippen molar-refractivity contribution in [2.24, 2.45) is 17.6 Å². The van der Waals surface area contributed by atoms with Crippen LogP contribution in [-0.2, 0) is 9.59 Å². The van der Waals surface area contributed by atoms with Gasteiger partial charge in [-0.1, -0.05) is 47.0 Å². The second-order valence-electron chi connectivity index (χ2n) is 6.06. The summed E-state index contributed by atoms with van der Waals surface area (Å²) >= 11 is 0. The molecule has 118 valence electrons. The highest BCUT2D eigenvalue weighted by atomic mass is 16.4. The summed E-state index contributed by atoms with van der Waals surface area (Å²) in [7, 11) is 0. The summed E-state index contributed by atoms with van der Waals surface area (Å²) in [5, 5.41) is 11.7. The van der Waals surface area contributed by atoms with Crippen LogP contribution in [0.3, 0.4) is 0 Å². The third kappa shape index (κ3) is 8.15. The van der Waals surface area contributed by atoms with E-state index in [0.29, 0.717) is 12.3 Å². The van der Waals surface area contributed by atoms with Crippen molar-refractivity contribution in [1.29, 1.82) is 0 Å². The Labute approximate surface area is 122 Å². The van der Waals surface area contributed by atoms with Crippen molar-refractivity contribution in [3.63, 3.8) is 0 Å². The fraction of sp³-hybridized carbons (Fsp3) is 0.867. The third-order valence-corrected chi connectivity index (χ3v) is 3.53. The zero-order chi connectivity index (χ0) is 15.7. The maximum Gasteiger partial charge on any atom is 0.305 e. The van der Waals surface area contributed by atoms with Gasteiger partial charge in [0.05, 0.1) is 12.5 Å². The van der Waals surface area contributed by atoms with Crippen LogP contribution in [-0.4, -0.2) is 29.1 Å². The molecule has 0 radical (unpaired) electrons. The molecule has 0 aliphatic heterocycles. The van der Waals surface area contributed by atoms with Gasteiger partial charge in [-0.3, -0.25) is 9.59 Å². The number of rotatable bonds is 10. The van der Waals surface area contributed by atoms with Crippen molar-refractivity contribution in [2.75, 3.05) is 0 Å². The molecule has 0 saturated carbocycles. The van der Waals surface area contributed by atoms with E-state index in [9.17, 15) is 9.59 Å². The van der Waals surface area contributed by atoms with Crippen LogP contribution in [0.2, 0.25) is 0 Å². The second kappa shape index (κ2) is 9.75. The minimum absolute atomic E-state index is 0.0398. The Balaban J connectivity index is 4.48. The molecule has 5 heteroatoms. The highest BCUT2D eigenvalue weighted by Gasteiger charge is 2.23. The Morgan fingerprint density at radius 1 is 1.25 bits per heavy atom. The quantitative estimate of drug-likeness (QED) is 0.573. The molecule has 0 saturated heterocycles. The molecular formula is C15H30N2O3. The standard InChI is InChI=1S/C15H30N2O3/c1-5-6-7-11(4)8-12(9-13(18)19)17-15(20)14(16)10(2)3/h10-12,14H,5-9,16H2,1-4H3,(H,17,20)(H,18,19)/t11?,12?,14-/m0/s1. The zero-order valence-corrected chi connectivity index (χ0v) is 13.2. The van der Waals surface area contributed by atoms with E-state index in [4.69, 9.17) is 10.8 Å². The average Bonchev–Trinajstić information content (AvgIpc) is 2.34. The van der Waals surface area contributed by atoms with Crippen LogP contribution >= 0.6 is 0 Å². The summed E-state index contributed by atoms with van der Waals surface area (Å²) < 4.78 is 0. The van der Waals surface area contributed by atoms with Crippen molar-refractivity contribution in [3.8, 4) is 0 Å². The van der Waals surface area contributed by atoms with Gasteiger partial charge in [0.25, 0.3) is 0 Å². The van der Waals surface area contributed by atoms with Gasteiger partial charge in [0, 0.05) is 6.04 Å². The van der Waals surface area contributed by atoms with Crippen molar-refractivity contribution >= 4 is 11.9 Å². The molecule has 0 fully saturated rings. The largest absolute Gasteiger partial charge is 0.481 e. The first-order valence-corrected chi connectivity index (χ1v) is 7.55. The van der Waals surface area contributed by atoms with Gasteiger partial charge in [0.2, 0.25) is 5.91 Å². The van der Waals surface area contributed by atoms with Crippen LogP contribution in [0.25, 0.3) is 0 Å². The Morgan fingerprint density at radius 2 is 1.85 bits per heavy atom. The topological polar surface area (TPSA) is 92.4 Å². The fourth-order valence-electron chi connectivity index (χ4n) is 2.16. The van der Waals surface area contributed by atoms with E-state index in [1.165, 1.54) is 0 Å². The number of carboxylic acids is 1. The van der Waals surface area contributed by atoms with Crippen LogP contribution in [0.15, 0.2) is 0 Å². The SMILES string of the molecule is CCCCC(C)CC(CC(=O)O)NC(=O)[C@@H](N)C(C)C. The molecule has 4 N–H and O–H groups in total. The smallest absolute Gasteiger partial charge is 0.305 e. The lowest BCUT2D eigenvalue weighted by Crippen LogP contribution is -2.48. The Hall–Kier alpha value is -1.10. The summed E-state index contributed by atoms with van der Waals surface area (Å²) in [6, 6.07) is -0.922. The molecule has 0 heterocycles. The summed E-state index contributed by atoms with van der Waals surface area (Å²) in [6.07, 6.45) is 3.94. The van der Waals surface area contributed by atoms with E-state index in [1.807, 2.05) is 13.8 Å². The molecule has 0 aliphatic carbocycles. The molecule has 3 atom stereocenters. The van der Waals surface area contributed by atoms with E-state index in [1.54, 1.807) is 0 Å². The number of amides is 1. The third-order valence-electron chi connectivity index (χ3n) is 3.53. The summed E-state index contributed by atoms with van der Waals surface area (Å²) in [5.74, 6) is -0.710. The van der Waals surface area contributed by atoms with Gasteiger partial charge in [0.15, 0.2) is 0 Å². The molecule has 0 aromatic carbocycles. The molecule has 0 spiro atoms. The molecule has 2 unspecified atom stereocenters. The van der Waals surface area contributed by atoms with E-state index >= 15 is 0 Å². The molecular weight excluding hydrogens is 256 g/mol. The molecule has 0 aromatic heterocycles. The van der Waals surface area contributed by atoms with Crippen molar-refractivity contribution < 1.29 is 14.7 Å². The molecule has 20 heavy (non-hydrogen) atoms. The Bertz CT molecular complexity index is 305. The highest BCUT2D eigenvalue weighted by Crippen LogP contribution is 2.16. The number of hydrogen-bond donors (Lipinski definition) is 3. The molecule has 1 amide bonds. The first-order valence-electron chi connectivity index (χ1n) is 7.55. The molecule has 0 rings (SSSR count). The number of carbonyl (C=O) groups excluding carboxylic acids is 1. The first kappa shape index (κ1) is 18.9. The van der Waals surface area contributed by atoms with Crippen LogP contribution in [0.5, 0.6) is 0 Å².